The third-order valence-corrected chi connectivity index (χ3v) is 6.76. The Morgan fingerprint density at radius 1 is 1.02 bits per heavy atom. The molecule has 0 aliphatic heterocycles. The fourth-order valence-electron chi connectivity index (χ4n) is 3.77. The van der Waals surface area contributed by atoms with E-state index in [1.165, 1.54) is 6.07 Å². The van der Waals surface area contributed by atoms with E-state index in [9.17, 15) is 31.5 Å². The van der Waals surface area contributed by atoms with Crippen molar-refractivity contribution in [1.29, 1.82) is 0 Å². The third kappa shape index (κ3) is 7.28. The van der Waals surface area contributed by atoms with Crippen LogP contribution in [0.1, 0.15) is 36.7 Å². The number of halogens is 7. The first-order valence-electron chi connectivity index (χ1n) is 12.6. The van der Waals surface area contributed by atoms with Gasteiger partial charge in [-0.25, -0.2) is 26.9 Å². The summed E-state index contributed by atoms with van der Waals surface area (Å²) in [6, 6.07) is 6.66. The summed E-state index contributed by atoms with van der Waals surface area (Å²) in [6.45, 7) is 4.29. The number of carbonyl (C=O) groups excluding carboxylic acids is 2. The number of anilines is 3. The van der Waals surface area contributed by atoms with E-state index in [1.54, 1.807) is 32.9 Å². The van der Waals surface area contributed by atoms with Crippen molar-refractivity contribution in [2.24, 2.45) is 5.41 Å². The van der Waals surface area contributed by atoms with Gasteiger partial charge >= 0.3 is 0 Å². The Hall–Kier alpha value is -4.10. The zero-order valence-electron chi connectivity index (χ0n) is 22.8. The normalized spacial score (nSPS) is 11.6. The Balaban J connectivity index is 1.67. The molecule has 4 N–H and O–H groups in total. The Labute approximate surface area is 251 Å². The molecule has 0 fully saturated rings. The van der Waals surface area contributed by atoms with Crippen LogP contribution in [0.15, 0.2) is 36.4 Å². The zero-order chi connectivity index (χ0) is 31.6. The summed E-state index contributed by atoms with van der Waals surface area (Å²) >= 11 is 12.9. The molecule has 8 nitrogen and oxygen atoms in total. The van der Waals surface area contributed by atoms with E-state index in [-0.39, 0.29) is 50.9 Å². The van der Waals surface area contributed by atoms with Crippen LogP contribution < -0.4 is 20.7 Å². The van der Waals surface area contributed by atoms with Crippen molar-refractivity contribution in [3.63, 3.8) is 0 Å². The molecule has 0 unspecified atom stereocenters. The number of amides is 2. The van der Waals surface area contributed by atoms with E-state index in [4.69, 9.17) is 27.9 Å². The Morgan fingerprint density at radius 3 is 2.40 bits per heavy atom. The summed E-state index contributed by atoms with van der Waals surface area (Å²) in [5.74, 6) is -6.00. The van der Waals surface area contributed by atoms with Crippen LogP contribution in [0.3, 0.4) is 0 Å². The third-order valence-electron chi connectivity index (χ3n) is 6.01. The highest BCUT2D eigenvalue weighted by atomic mass is 35.5. The maximum absolute atomic E-state index is 14.2. The number of imidazole rings is 1. The molecule has 0 saturated heterocycles. The number of H-pyrrole nitrogens is 1. The second kappa shape index (κ2) is 12.6. The molecule has 3 aromatic carbocycles. The average Bonchev–Trinajstić information content (AvgIpc) is 3.33. The van der Waals surface area contributed by atoms with Gasteiger partial charge in [0.2, 0.25) is 11.9 Å². The van der Waals surface area contributed by atoms with Crippen LogP contribution in [-0.4, -0.2) is 34.8 Å². The molecule has 0 saturated carbocycles. The summed E-state index contributed by atoms with van der Waals surface area (Å²) in [6.07, 6.45) is -2.91. The maximum Gasteiger partial charge on any atom is 0.272 e. The van der Waals surface area contributed by atoms with Crippen LogP contribution in [0.5, 0.6) is 5.75 Å². The molecule has 0 aliphatic rings. The van der Waals surface area contributed by atoms with Gasteiger partial charge in [0.15, 0.2) is 11.6 Å². The summed E-state index contributed by atoms with van der Waals surface area (Å²) < 4.78 is 72.9. The number of fused-ring (bicyclic) bond motifs is 1. The molecule has 43 heavy (non-hydrogen) atoms. The highest BCUT2D eigenvalue weighted by Crippen LogP contribution is 2.36. The van der Waals surface area contributed by atoms with E-state index < -0.39 is 53.1 Å². The van der Waals surface area contributed by atoms with Crippen LogP contribution in [-0.2, 0) is 11.3 Å². The van der Waals surface area contributed by atoms with Crippen LogP contribution in [0.25, 0.3) is 11.0 Å². The fourth-order valence-corrected chi connectivity index (χ4v) is 4.31. The minimum absolute atomic E-state index is 0.0641. The first-order valence-corrected chi connectivity index (χ1v) is 13.3. The monoisotopic (exact) mass is 643 g/mol. The van der Waals surface area contributed by atoms with Gasteiger partial charge in [-0.1, -0.05) is 50.0 Å². The van der Waals surface area contributed by atoms with E-state index in [2.05, 4.69) is 20.6 Å². The van der Waals surface area contributed by atoms with Gasteiger partial charge in [-0.05, 0) is 29.8 Å². The summed E-state index contributed by atoms with van der Waals surface area (Å²) in [5, 5.41) is 8.01. The minimum Gasteiger partial charge on any atom is -0.487 e. The largest absolute Gasteiger partial charge is 0.487 e. The summed E-state index contributed by atoms with van der Waals surface area (Å²) in [7, 11) is 0. The van der Waals surface area contributed by atoms with Crippen LogP contribution in [0, 0.1) is 22.9 Å². The van der Waals surface area contributed by atoms with Crippen LogP contribution >= 0.6 is 23.2 Å². The van der Waals surface area contributed by atoms with Crippen molar-refractivity contribution in [1.82, 2.24) is 15.3 Å². The second-order valence-electron chi connectivity index (χ2n) is 10.3. The van der Waals surface area contributed by atoms with Crippen molar-refractivity contribution < 1.29 is 36.3 Å². The molecule has 0 atom stereocenters. The van der Waals surface area contributed by atoms with Crippen LogP contribution in [0.4, 0.5) is 39.3 Å². The van der Waals surface area contributed by atoms with Gasteiger partial charge in [0.1, 0.15) is 23.9 Å². The van der Waals surface area contributed by atoms with E-state index in [0.29, 0.717) is 17.7 Å². The Morgan fingerprint density at radius 2 is 1.72 bits per heavy atom. The number of carbonyl (C=O) groups is 2. The lowest BCUT2D eigenvalue weighted by Gasteiger charge is -2.19. The molecule has 4 aromatic rings. The van der Waals surface area contributed by atoms with Gasteiger partial charge in [0, 0.05) is 18.0 Å². The molecule has 0 bridgehead atoms. The molecular weight excluding hydrogens is 620 g/mol. The van der Waals surface area contributed by atoms with Crippen molar-refractivity contribution >= 4 is 63.4 Å². The first-order chi connectivity index (χ1) is 20.1. The van der Waals surface area contributed by atoms with Crippen LogP contribution in [0.2, 0.25) is 10.0 Å². The molecule has 15 heteroatoms. The molecule has 4 rings (SSSR count). The van der Waals surface area contributed by atoms with Gasteiger partial charge in [-0.15, -0.1) is 0 Å². The predicted octanol–water partition coefficient (Wildman–Crippen LogP) is 7.59. The van der Waals surface area contributed by atoms with Crippen molar-refractivity contribution in [2.75, 3.05) is 17.2 Å². The maximum atomic E-state index is 14.2. The summed E-state index contributed by atoms with van der Waals surface area (Å²) in [4.78, 5) is 32.5. The fraction of sp³-hybridized carbons (Fsp3) is 0.250. The van der Waals surface area contributed by atoms with E-state index in [0.717, 1.165) is 6.07 Å². The topological polar surface area (TPSA) is 108 Å². The molecule has 0 aliphatic carbocycles. The van der Waals surface area contributed by atoms with Gasteiger partial charge in [-0.2, -0.15) is 0 Å². The number of benzene rings is 3. The lowest BCUT2D eigenvalue weighted by molar-refractivity contribution is -0.128. The molecular formula is C28H24Cl2F5N5O3. The molecule has 0 radical (unpaired) electrons. The number of rotatable bonds is 9. The summed E-state index contributed by atoms with van der Waals surface area (Å²) in [5.41, 5.74) is -1.01. The molecule has 1 aromatic heterocycles. The molecule has 2 amide bonds. The molecule has 0 spiro atoms. The number of hydrogen-bond donors (Lipinski definition) is 4. The lowest BCUT2D eigenvalue weighted by atomic mass is 9.95. The number of alkyl halides is 2. The highest BCUT2D eigenvalue weighted by Gasteiger charge is 2.24. The number of nitrogens with zero attached hydrogens (tertiary/aromatic N) is 1. The number of hydrogen-bond acceptors (Lipinski definition) is 5. The van der Waals surface area contributed by atoms with E-state index >= 15 is 0 Å². The number of aromatic amines is 1. The number of aromatic nitrogens is 2. The lowest BCUT2D eigenvalue weighted by Crippen LogP contribution is -2.34. The zero-order valence-corrected chi connectivity index (χ0v) is 24.3. The Kier molecular flexibility index (Phi) is 9.35. The smallest absolute Gasteiger partial charge is 0.272 e. The predicted molar refractivity (Wildman–Crippen MR) is 153 cm³/mol. The van der Waals surface area contributed by atoms with E-state index in [1.807, 2.05) is 5.32 Å². The molecule has 1 heterocycles. The quantitative estimate of drug-likeness (QED) is 0.111. The number of ether oxygens (including phenoxy) is 1. The van der Waals surface area contributed by atoms with Gasteiger partial charge in [-0.3, -0.25) is 9.59 Å². The standard InChI is InChI=1S/C28H24Cl2F5N5O3/c1-28(2,3)26(42)36-10-12-4-5-14(29)23(21(12)30)40-27-37-17-8-13(19(9-18(17)38-27)43-11-20(33)34)25(41)39-24-16(32)7-6-15(31)22(24)35/h4-9,20H,10-11H2,1-3H3,(H,36,42)(H,39,41)(H2,37,38,40). The first kappa shape index (κ1) is 31.8. The second-order valence-corrected chi connectivity index (χ2v) is 11.1. The minimum atomic E-state index is -2.91. The van der Waals surface area contributed by atoms with Gasteiger partial charge in [0.25, 0.3) is 12.3 Å². The molecule has 228 valence electrons. The van der Waals surface area contributed by atoms with Crippen molar-refractivity contribution in [3.05, 3.63) is 75.0 Å². The Bertz CT molecular complexity index is 1710. The van der Waals surface area contributed by atoms with Gasteiger partial charge in [0.05, 0.1) is 32.3 Å². The van der Waals surface area contributed by atoms with Crippen molar-refractivity contribution in [2.45, 2.75) is 33.7 Å². The number of nitrogens with one attached hydrogen (secondary N) is 4. The van der Waals surface area contributed by atoms with Crippen molar-refractivity contribution in [3.8, 4) is 5.75 Å². The average molecular weight is 644 g/mol. The highest BCUT2D eigenvalue weighted by molar-refractivity contribution is 6.39. The van der Waals surface area contributed by atoms with Gasteiger partial charge < -0.3 is 25.7 Å². The SMILES string of the molecule is CC(C)(C)C(=O)NCc1ccc(Cl)c(Nc2nc3cc(C(=O)Nc4c(F)ccc(F)c4F)c(OCC(F)F)cc3[nH]2)c1Cl.